The number of Topliss-reactive ketones (excluding diaryl/α,β-unsaturated/α-hetero) is 1. The summed E-state index contributed by atoms with van der Waals surface area (Å²) in [6.45, 7) is 9.87. The van der Waals surface area contributed by atoms with E-state index in [9.17, 15) is 4.79 Å². The Labute approximate surface area is 94.0 Å². The van der Waals surface area contributed by atoms with E-state index in [1.54, 1.807) is 0 Å². The summed E-state index contributed by atoms with van der Waals surface area (Å²) < 4.78 is 0. The number of carbonyl (C=O) groups excluding carboxylic acids is 1. The molecular formula is C13H25NO. The molecule has 1 aliphatic rings. The molecule has 0 spiro atoms. The zero-order chi connectivity index (χ0) is 11.3. The number of hydrogen-bond acceptors (Lipinski definition) is 2. The normalized spacial score (nSPS) is 27.3. The molecule has 0 aromatic carbocycles. The molecule has 0 heterocycles. The molecule has 0 amide bonds. The topological polar surface area (TPSA) is 20.3 Å². The van der Waals surface area contributed by atoms with Crippen molar-refractivity contribution in [1.82, 2.24) is 4.90 Å². The second kappa shape index (κ2) is 6.26. The fourth-order valence-electron chi connectivity index (χ4n) is 2.51. The molecule has 88 valence electrons. The van der Waals surface area contributed by atoms with Gasteiger partial charge in [-0.3, -0.25) is 4.79 Å². The van der Waals surface area contributed by atoms with E-state index >= 15 is 0 Å². The summed E-state index contributed by atoms with van der Waals surface area (Å²) in [4.78, 5) is 14.2. The van der Waals surface area contributed by atoms with Gasteiger partial charge in [0.25, 0.3) is 0 Å². The maximum absolute atomic E-state index is 11.8. The Morgan fingerprint density at radius 2 is 2.13 bits per heavy atom. The Balaban J connectivity index is 2.43. The van der Waals surface area contributed by atoms with E-state index in [-0.39, 0.29) is 0 Å². The largest absolute Gasteiger partial charge is 0.303 e. The van der Waals surface area contributed by atoms with E-state index in [4.69, 9.17) is 0 Å². The maximum Gasteiger partial charge on any atom is 0.137 e. The molecule has 0 N–H and O–H groups in total. The fourth-order valence-corrected chi connectivity index (χ4v) is 2.51. The minimum atomic E-state index is 0.320. The van der Waals surface area contributed by atoms with Gasteiger partial charge in [0.1, 0.15) is 5.78 Å². The third kappa shape index (κ3) is 3.94. The number of nitrogens with zero attached hydrogens (tertiary/aromatic N) is 1. The number of ketones is 1. The summed E-state index contributed by atoms with van der Waals surface area (Å²) >= 11 is 0. The highest BCUT2D eigenvalue weighted by Gasteiger charge is 2.27. The predicted octanol–water partition coefficient (Wildman–Crippen LogP) is 2.72. The monoisotopic (exact) mass is 211 g/mol. The highest BCUT2D eigenvalue weighted by Crippen LogP contribution is 2.26. The van der Waals surface area contributed by atoms with Crippen molar-refractivity contribution in [2.75, 3.05) is 19.6 Å². The predicted molar refractivity (Wildman–Crippen MR) is 63.9 cm³/mol. The molecule has 0 saturated heterocycles. The Bertz CT molecular complexity index is 203. The average molecular weight is 211 g/mol. The molecule has 0 bridgehead atoms. The van der Waals surface area contributed by atoms with Crippen LogP contribution in [-0.4, -0.2) is 30.3 Å². The smallest absolute Gasteiger partial charge is 0.137 e. The highest BCUT2D eigenvalue weighted by atomic mass is 16.1. The summed E-state index contributed by atoms with van der Waals surface area (Å²) in [5.74, 6) is 1.57. The molecule has 2 heteroatoms. The Morgan fingerprint density at radius 1 is 1.40 bits per heavy atom. The summed E-state index contributed by atoms with van der Waals surface area (Å²) in [5.41, 5.74) is 0. The molecule has 15 heavy (non-hydrogen) atoms. The van der Waals surface area contributed by atoms with Crippen LogP contribution in [0.1, 0.15) is 46.5 Å². The lowest BCUT2D eigenvalue weighted by Gasteiger charge is -2.30. The van der Waals surface area contributed by atoms with Gasteiger partial charge in [0.2, 0.25) is 0 Å². The van der Waals surface area contributed by atoms with Crippen molar-refractivity contribution in [3.8, 4) is 0 Å². The summed E-state index contributed by atoms with van der Waals surface area (Å²) in [5, 5.41) is 0. The van der Waals surface area contributed by atoms with E-state index in [0.29, 0.717) is 11.7 Å². The van der Waals surface area contributed by atoms with Crippen LogP contribution in [0.25, 0.3) is 0 Å². The van der Waals surface area contributed by atoms with Crippen molar-refractivity contribution < 1.29 is 4.79 Å². The minimum absolute atomic E-state index is 0.320. The van der Waals surface area contributed by atoms with Gasteiger partial charge in [-0.2, -0.15) is 0 Å². The Kier molecular flexibility index (Phi) is 5.30. The first-order chi connectivity index (χ1) is 7.17. The van der Waals surface area contributed by atoms with Gasteiger partial charge in [-0.15, -0.1) is 0 Å². The molecule has 2 unspecified atom stereocenters. The first-order valence-corrected chi connectivity index (χ1v) is 6.42. The van der Waals surface area contributed by atoms with Gasteiger partial charge in [-0.1, -0.05) is 20.8 Å². The minimum Gasteiger partial charge on any atom is -0.303 e. The number of hydrogen-bond donors (Lipinski definition) is 0. The SMILES string of the molecule is CCCN(CC)CC1CC(C)CCC1=O. The maximum atomic E-state index is 11.8. The second-order valence-corrected chi connectivity index (χ2v) is 4.94. The van der Waals surface area contributed by atoms with Crippen molar-refractivity contribution in [2.45, 2.75) is 46.5 Å². The van der Waals surface area contributed by atoms with Crippen molar-refractivity contribution >= 4 is 5.78 Å². The lowest BCUT2D eigenvalue weighted by Crippen LogP contribution is -2.36. The van der Waals surface area contributed by atoms with Gasteiger partial charge in [0.05, 0.1) is 0 Å². The van der Waals surface area contributed by atoms with Crippen LogP contribution in [0.2, 0.25) is 0 Å². The lowest BCUT2D eigenvalue weighted by molar-refractivity contribution is -0.126. The second-order valence-electron chi connectivity index (χ2n) is 4.94. The van der Waals surface area contributed by atoms with Crippen LogP contribution in [0, 0.1) is 11.8 Å². The molecule has 1 fully saturated rings. The lowest BCUT2D eigenvalue weighted by atomic mass is 9.81. The zero-order valence-corrected chi connectivity index (χ0v) is 10.5. The third-order valence-electron chi connectivity index (χ3n) is 3.49. The Hall–Kier alpha value is -0.370. The van der Waals surface area contributed by atoms with Crippen LogP contribution < -0.4 is 0 Å². The molecule has 0 aromatic rings. The molecule has 1 saturated carbocycles. The van der Waals surface area contributed by atoms with Gasteiger partial charge in [0.15, 0.2) is 0 Å². The Morgan fingerprint density at radius 3 is 2.73 bits per heavy atom. The van der Waals surface area contributed by atoms with Gasteiger partial charge < -0.3 is 4.90 Å². The van der Waals surface area contributed by atoms with Crippen LogP contribution in [-0.2, 0) is 4.79 Å². The van der Waals surface area contributed by atoms with Gasteiger partial charge in [0, 0.05) is 18.9 Å². The molecular weight excluding hydrogens is 186 g/mol. The van der Waals surface area contributed by atoms with Crippen molar-refractivity contribution in [2.24, 2.45) is 11.8 Å². The van der Waals surface area contributed by atoms with Crippen molar-refractivity contribution in [1.29, 1.82) is 0 Å². The number of rotatable bonds is 5. The van der Waals surface area contributed by atoms with Crippen LogP contribution >= 0.6 is 0 Å². The van der Waals surface area contributed by atoms with E-state index in [1.807, 2.05) is 0 Å². The van der Waals surface area contributed by atoms with Gasteiger partial charge in [-0.05, 0) is 38.3 Å². The first-order valence-electron chi connectivity index (χ1n) is 6.42. The van der Waals surface area contributed by atoms with E-state index in [0.717, 1.165) is 44.8 Å². The summed E-state index contributed by atoms with van der Waals surface area (Å²) in [6.07, 6.45) is 4.22. The molecule has 1 rings (SSSR count). The van der Waals surface area contributed by atoms with E-state index < -0.39 is 0 Å². The van der Waals surface area contributed by atoms with E-state index in [2.05, 4.69) is 25.7 Å². The molecule has 0 aliphatic heterocycles. The quantitative estimate of drug-likeness (QED) is 0.697. The molecule has 2 atom stereocenters. The van der Waals surface area contributed by atoms with Crippen LogP contribution in [0.15, 0.2) is 0 Å². The third-order valence-corrected chi connectivity index (χ3v) is 3.49. The molecule has 2 nitrogen and oxygen atoms in total. The fraction of sp³-hybridized carbons (Fsp3) is 0.923. The van der Waals surface area contributed by atoms with Crippen LogP contribution in [0.5, 0.6) is 0 Å². The van der Waals surface area contributed by atoms with Crippen molar-refractivity contribution in [3.05, 3.63) is 0 Å². The van der Waals surface area contributed by atoms with Crippen LogP contribution in [0.4, 0.5) is 0 Å². The van der Waals surface area contributed by atoms with E-state index in [1.165, 1.54) is 6.42 Å². The molecule has 1 aliphatic carbocycles. The number of carbonyl (C=O) groups is 1. The van der Waals surface area contributed by atoms with Gasteiger partial charge >= 0.3 is 0 Å². The summed E-state index contributed by atoms with van der Waals surface area (Å²) in [7, 11) is 0. The first kappa shape index (κ1) is 12.7. The summed E-state index contributed by atoms with van der Waals surface area (Å²) in [6, 6.07) is 0. The average Bonchev–Trinajstić information content (AvgIpc) is 2.22. The molecule has 0 radical (unpaired) electrons. The van der Waals surface area contributed by atoms with Crippen molar-refractivity contribution in [3.63, 3.8) is 0 Å². The van der Waals surface area contributed by atoms with Crippen LogP contribution in [0.3, 0.4) is 0 Å². The zero-order valence-electron chi connectivity index (χ0n) is 10.5. The molecule has 0 aromatic heterocycles. The highest BCUT2D eigenvalue weighted by molar-refractivity contribution is 5.81. The van der Waals surface area contributed by atoms with Gasteiger partial charge in [-0.25, -0.2) is 0 Å². The standard InChI is InChI=1S/C13H25NO/c1-4-8-14(5-2)10-12-9-11(3)6-7-13(12)15/h11-12H,4-10H2,1-3H3.